The van der Waals surface area contributed by atoms with Gasteiger partial charge in [-0.25, -0.2) is 9.69 Å². The van der Waals surface area contributed by atoms with Crippen LogP contribution in [-0.4, -0.2) is 18.0 Å². The number of aryl methyl sites for hydroxylation is 1. The summed E-state index contributed by atoms with van der Waals surface area (Å²) in [5.74, 6) is -0.0917. The normalized spacial score (nSPS) is 26.9. The molecule has 1 aliphatic heterocycles. The summed E-state index contributed by atoms with van der Waals surface area (Å²) in [4.78, 5) is 26.0. The topological polar surface area (TPSA) is 49.4 Å². The second-order valence-electron chi connectivity index (χ2n) is 5.46. The number of carbonyl (C=O) groups excluding carboxylic acids is 2. The molecular formula is C15H18N2O2. The monoisotopic (exact) mass is 258 g/mol. The summed E-state index contributed by atoms with van der Waals surface area (Å²) in [6.07, 6.45) is 3.97. The van der Waals surface area contributed by atoms with Gasteiger partial charge in [0.15, 0.2) is 0 Å². The molecule has 0 radical (unpaired) electrons. The molecule has 2 aliphatic rings. The van der Waals surface area contributed by atoms with Crippen molar-refractivity contribution in [1.82, 2.24) is 5.32 Å². The molecule has 2 unspecified atom stereocenters. The molecule has 4 heteroatoms. The van der Waals surface area contributed by atoms with Crippen LogP contribution in [0.3, 0.4) is 0 Å². The zero-order chi connectivity index (χ0) is 13.4. The first-order valence-electron chi connectivity index (χ1n) is 6.88. The molecule has 1 aliphatic carbocycles. The van der Waals surface area contributed by atoms with Crippen molar-refractivity contribution in [2.75, 3.05) is 4.90 Å². The molecule has 0 bridgehead atoms. The Labute approximate surface area is 112 Å². The van der Waals surface area contributed by atoms with Gasteiger partial charge < -0.3 is 5.32 Å². The lowest BCUT2D eigenvalue weighted by Gasteiger charge is -2.39. The number of nitrogens with zero attached hydrogens (tertiary/aromatic N) is 1. The van der Waals surface area contributed by atoms with Gasteiger partial charge >= 0.3 is 6.03 Å². The van der Waals surface area contributed by atoms with Crippen LogP contribution in [-0.2, 0) is 4.79 Å². The number of urea groups is 1. The molecule has 2 atom stereocenters. The molecule has 3 rings (SSSR count). The van der Waals surface area contributed by atoms with Crippen LogP contribution in [0.2, 0.25) is 0 Å². The Balaban J connectivity index is 1.93. The van der Waals surface area contributed by atoms with Gasteiger partial charge in [-0.3, -0.25) is 4.79 Å². The van der Waals surface area contributed by atoms with Crippen LogP contribution < -0.4 is 10.2 Å². The number of benzene rings is 1. The maximum absolute atomic E-state index is 12.5. The first kappa shape index (κ1) is 12.2. The first-order valence-corrected chi connectivity index (χ1v) is 6.88. The molecule has 1 N–H and O–H groups in total. The lowest BCUT2D eigenvalue weighted by molar-refractivity contribution is -0.124. The number of amides is 3. The van der Waals surface area contributed by atoms with Crippen molar-refractivity contribution in [3.05, 3.63) is 29.8 Å². The van der Waals surface area contributed by atoms with E-state index < -0.39 is 0 Å². The van der Waals surface area contributed by atoms with Crippen LogP contribution in [0, 0.1) is 12.8 Å². The van der Waals surface area contributed by atoms with Gasteiger partial charge in [0.25, 0.3) is 0 Å². The van der Waals surface area contributed by atoms with E-state index in [-0.39, 0.29) is 23.9 Å². The average Bonchev–Trinajstić information content (AvgIpc) is 2.39. The van der Waals surface area contributed by atoms with Crippen LogP contribution in [0.1, 0.15) is 31.2 Å². The lowest BCUT2D eigenvalue weighted by atomic mass is 9.82. The van der Waals surface area contributed by atoms with Gasteiger partial charge in [0, 0.05) is 6.04 Å². The Hall–Kier alpha value is -1.84. The number of nitrogens with one attached hydrogen (secondary N) is 1. The lowest BCUT2D eigenvalue weighted by Crippen LogP contribution is -2.61. The molecule has 1 aromatic rings. The Kier molecular flexibility index (Phi) is 3.01. The molecule has 4 nitrogen and oxygen atoms in total. The number of fused-ring (bicyclic) bond motifs is 1. The predicted molar refractivity (Wildman–Crippen MR) is 72.9 cm³/mol. The number of anilines is 1. The van der Waals surface area contributed by atoms with Gasteiger partial charge in [0.1, 0.15) is 0 Å². The average molecular weight is 258 g/mol. The van der Waals surface area contributed by atoms with Gasteiger partial charge in [-0.1, -0.05) is 25.0 Å². The fourth-order valence-electron chi connectivity index (χ4n) is 3.10. The number of imide groups is 1. The third-order valence-electron chi connectivity index (χ3n) is 4.08. The maximum atomic E-state index is 12.5. The molecule has 2 fully saturated rings. The van der Waals surface area contributed by atoms with E-state index in [2.05, 4.69) is 5.32 Å². The number of hydrogen-bond acceptors (Lipinski definition) is 2. The third-order valence-corrected chi connectivity index (χ3v) is 4.08. The maximum Gasteiger partial charge on any atom is 0.328 e. The van der Waals surface area contributed by atoms with Crippen LogP contribution in [0.25, 0.3) is 0 Å². The molecule has 1 heterocycles. The summed E-state index contributed by atoms with van der Waals surface area (Å²) in [5.41, 5.74) is 1.72. The van der Waals surface area contributed by atoms with E-state index >= 15 is 0 Å². The molecule has 19 heavy (non-hydrogen) atoms. The van der Waals surface area contributed by atoms with Crippen molar-refractivity contribution < 1.29 is 9.59 Å². The number of hydrogen-bond donors (Lipinski definition) is 1. The molecule has 100 valence electrons. The molecule has 0 spiro atoms. The van der Waals surface area contributed by atoms with Gasteiger partial charge in [0.05, 0.1) is 11.6 Å². The first-order chi connectivity index (χ1) is 9.16. The minimum Gasteiger partial charge on any atom is -0.334 e. The highest BCUT2D eigenvalue weighted by Crippen LogP contribution is 2.31. The van der Waals surface area contributed by atoms with Crippen molar-refractivity contribution in [2.24, 2.45) is 5.92 Å². The van der Waals surface area contributed by atoms with Crippen LogP contribution in [0.4, 0.5) is 10.5 Å². The Morgan fingerprint density at radius 2 is 2.00 bits per heavy atom. The minimum atomic E-state index is -0.279. The van der Waals surface area contributed by atoms with E-state index in [1.807, 2.05) is 31.2 Å². The molecule has 1 saturated carbocycles. The minimum absolute atomic E-state index is 0.0369. The van der Waals surface area contributed by atoms with Gasteiger partial charge in [-0.2, -0.15) is 0 Å². The summed E-state index contributed by atoms with van der Waals surface area (Å²) < 4.78 is 0. The standard InChI is InChI=1S/C15H18N2O2/c1-10-5-4-6-11(9-10)17-14(18)12-7-2-3-8-13(12)16-15(17)19/h4-6,9,12-13H,2-3,7-8H2,1H3,(H,16,19). The van der Waals surface area contributed by atoms with Crippen molar-refractivity contribution in [2.45, 2.75) is 38.6 Å². The zero-order valence-electron chi connectivity index (χ0n) is 11.1. The second kappa shape index (κ2) is 4.68. The quantitative estimate of drug-likeness (QED) is 0.841. The second-order valence-corrected chi connectivity index (χ2v) is 5.46. The fourth-order valence-corrected chi connectivity index (χ4v) is 3.10. The van der Waals surface area contributed by atoms with E-state index in [4.69, 9.17) is 0 Å². The molecular weight excluding hydrogens is 240 g/mol. The highest BCUT2D eigenvalue weighted by Gasteiger charge is 2.42. The molecule has 0 aromatic heterocycles. The Morgan fingerprint density at radius 3 is 2.79 bits per heavy atom. The Morgan fingerprint density at radius 1 is 1.21 bits per heavy atom. The van der Waals surface area contributed by atoms with Crippen molar-refractivity contribution in [1.29, 1.82) is 0 Å². The summed E-state index contributed by atoms with van der Waals surface area (Å²) in [6.45, 7) is 1.96. The summed E-state index contributed by atoms with van der Waals surface area (Å²) in [5, 5.41) is 2.98. The fraction of sp³-hybridized carbons (Fsp3) is 0.467. The van der Waals surface area contributed by atoms with E-state index in [0.717, 1.165) is 31.2 Å². The summed E-state index contributed by atoms with van der Waals surface area (Å²) in [7, 11) is 0. The number of rotatable bonds is 1. The third kappa shape index (κ3) is 2.11. The molecule has 3 amide bonds. The van der Waals surface area contributed by atoms with Crippen LogP contribution >= 0.6 is 0 Å². The van der Waals surface area contributed by atoms with Crippen LogP contribution in [0.15, 0.2) is 24.3 Å². The van der Waals surface area contributed by atoms with E-state index in [0.29, 0.717) is 5.69 Å². The largest absolute Gasteiger partial charge is 0.334 e. The van der Waals surface area contributed by atoms with Crippen LogP contribution in [0.5, 0.6) is 0 Å². The Bertz CT molecular complexity index is 527. The van der Waals surface area contributed by atoms with Gasteiger partial charge in [-0.05, 0) is 37.5 Å². The highest BCUT2D eigenvalue weighted by molar-refractivity contribution is 6.17. The summed E-state index contributed by atoms with van der Waals surface area (Å²) in [6, 6.07) is 7.28. The molecule has 1 saturated heterocycles. The van der Waals surface area contributed by atoms with Crippen molar-refractivity contribution >= 4 is 17.6 Å². The molecule has 1 aromatic carbocycles. The summed E-state index contributed by atoms with van der Waals surface area (Å²) >= 11 is 0. The van der Waals surface area contributed by atoms with E-state index in [1.54, 1.807) is 0 Å². The predicted octanol–water partition coefficient (Wildman–Crippen LogP) is 2.61. The van der Waals surface area contributed by atoms with Crippen molar-refractivity contribution in [3.63, 3.8) is 0 Å². The SMILES string of the molecule is Cc1cccc(N2C(=O)NC3CCCCC3C2=O)c1. The van der Waals surface area contributed by atoms with Gasteiger partial charge in [-0.15, -0.1) is 0 Å². The van der Waals surface area contributed by atoms with E-state index in [9.17, 15) is 9.59 Å². The smallest absolute Gasteiger partial charge is 0.328 e. The van der Waals surface area contributed by atoms with Crippen molar-refractivity contribution in [3.8, 4) is 0 Å². The number of carbonyl (C=O) groups is 2. The van der Waals surface area contributed by atoms with E-state index in [1.165, 1.54) is 4.90 Å². The van der Waals surface area contributed by atoms with Gasteiger partial charge in [0.2, 0.25) is 5.91 Å². The highest BCUT2D eigenvalue weighted by atomic mass is 16.2. The zero-order valence-corrected chi connectivity index (χ0v) is 11.1.